The fourth-order valence-electron chi connectivity index (χ4n) is 3.76. The molecule has 0 radical (unpaired) electrons. The van der Waals surface area contributed by atoms with Gasteiger partial charge in [-0.15, -0.1) is 0 Å². The van der Waals surface area contributed by atoms with Gasteiger partial charge in [-0.2, -0.15) is 0 Å². The van der Waals surface area contributed by atoms with Gasteiger partial charge < -0.3 is 20.6 Å². The van der Waals surface area contributed by atoms with E-state index in [1.165, 1.54) is 0 Å². The second-order valence-corrected chi connectivity index (χ2v) is 26.3. The first-order chi connectivity index (χ1) is 13.8. The summed E-state index contributed by atoms with van der Waals surface area (Å²) >= 11 is 0. The molecule has 1 rings (SSSR count). The Bertz CT molecular complexity index is 424. The van der Waals surface area contributed by atoms with Crippen LogP contribution < -0.4 is 0 Å². The molecule has 0 saturated carbocycles. The predicted molar refractivity (Wildman–Crippen MR) is 117 cm³/mol. The summed E-state index contributed by atoms with van der Waals surface area (Å²) in [7, 11) is -16.6. The van der Waals surface area contributed by atoms with Gasteiger partial charge in [0.1, 0.15) is 0 Å². The highest BCUT2D eigenvalue weighted by Gasteiger charge is 2.56. The maximum absolute atomic E-state index is 13.4. The lowest BCUT2D eigenvalue weighted by Crippen LogP contribution is -2.67. The maximum atomic E-state index is 13.4. The van der Waals surface area contributed by atoms with E-state index >= 15 is 0 Å². The summed E-state index contributed by atoms with van der Waals surface area (Å²) in [6, 6.07) is -0.312. The van der Waals surface area contributed by atoms with Crippen LogP contribution in [0.5, 0.6) is 0 Å². The standard InChI is InChI=1S/C15H35F5O5Si5/c1-26(11-6-16)21-27(2,12-7-17)23-29(4,14-9-19)25-30(5,15-10-20)24-28(3,22-26)13-8-18/h6-15H2,1-5H3. The van der Waals surface area contributed by atoms with Crippen molar-refractivity contribution in [3.05, 3.63) is 0 Å². The molecule has 0 amide bonds. The van der Waals surface area contributed by atoms with E-state index in [-0.39, 0.29) is 30.2 Å². The van der Waals surface area contributed by atoms with Crippen LogP contribution in [-0.4, -0.2) is 76.2 Å². The zero-order valence-electron chi connectivity index (χ0n) is 18.5. The topological polar surface area (TPSA) is 46.2 Å². The molecule has 180 valence electrons. The third-order valence-electron chi connectivity index (χ3n) is 4.90. The van der Waals surface area contributed by atoms with E-state index < -0.39 is 76.2 Å². The molecular weight excluding hydrogens is 496 g/mol. The van der Waals surface area contributed by atoms with Crippen molar-refractivity contribution in [2.75, 3.05) is 33.4 Å². The van der Waals surface area contributed by atoms with Crippen LogP contribution in [0, 0.1) is 0 Å². The van der Waals surface area contributed by atoms with E-state index in [1.54, 1.807) is 32.7 Å². The summed E-state index contributed by atoms with van der Waals surface area (Å²) < 4.78 is 98.4. The third kappa shape index (κ3) is 8.47. The lowest BCUT2D eigenvalue weighted by atomic mass is 10.9. The number of rotatable bonds is 10. The average Bonchev–Trinajstić information content (AvgIpc) is 2.52. The molecule has 1 aliphatic rings. The molecule has 1 saturated heterocycles. The number of halogens is 5. The highest BCUT2D eigenvalue weighted by molar-refractivity contribution is 6.94. The molecule has 30 heavy (non-hydrogen) atoms. The Morgan fingerprint density at radius 1 is 0.367 bits per heavy atom. The summed E-state index contributed by atoms with van der Waals surface area (Å²) in [4.78, 5) is 0. The summed E-state index contributed by atoms with van der Waals surface area (Å²) in [5.74, 6) is 0. The second kappa shape index (κ2) is 11.6. The summed E-state index contributed by atoms with van der Waals surface area (Å²) in [6.45, 7) is 4.49. The smallest absolute Gasteiger partial charge is 0.320 e. The Morgan fingerprint density at radius 3 is 0.600 bits per heavy atom. The van der Waals surface area contributed by atoms with Crippen molar-refractivity contribution in [1.29, 1.82) is 0 Å². The third-order valence-corrected chi connectivity index (χ3v) is 27.7. The minimum absolute atomic E-state index is 0.0624. The fraction of sp³-hybridized carbons (Fsp3) is 1.00. The Kier molecular flexibility index (Phi) is 11.0. The van der Waals surface area contributed by atoms with Crippen LogP contribution in [0.4, 0.5) is 22.0 Å². The van der Waals surface area contributed by atoms with E-state index in [0.717, 1.165) is 0 Å². The Labute approximate surface area is 181 Å². The highest BCUT2D eigenvalue weighted by Crippen LogP contribution is 2.37. The van der Waals surface area contributed by atoms with Crippen LogP contribution >= 0.6 is 0 Å². The lowest BCUT2D eigenvalue weighted by molar-refractivity contribution is 0.216. The number of hydrogen-bond acceptors (Lipinski definition) is 5. The first-order valence-electron chi connectivity index (χ1n) is 10.1. The van der Waals surface area contributed by atoms with E-state index in [4.69, 9.17) is 20.6 Å². The highest BCUT2D eigenvalue weighted by atomic mass is 28.5. The molecule has 0 N–H and O–H groups in total. The molecule has 0 bridgehead atoms. The van der Waals surface area contributed by atoms with Crippen molar-refractivity contribution in [3.8, 4) is 0 Å². The van der Waals surface area contributed by atoms with Gasteiger partial charge in [0.2, 0.25) is 0 Å². The van der Waals surface area contributed by atoms with E-state index in [9.17, 15) is 22.0 Å². The average molecular weight is 531 g/mol. The molecule has 0 unspecified atom stereocenters. The molecule has 0 atom stereocenters. The largest absolute Gasteiger partial charge is 0.415 e. The van der Waals surface area contributed by atoms with Crippen LogP contribution in [0.3, 0.4) is 0 Å². The Balaban J connectivity index is 3.57. The molecule has 0 aromatic carbocycles. The van der Waals surface area contributed by atoms with Crippen molar-refractivity contribution in [3.63, 3.8) is 0 Å². The fourth-order valence-corrected chi connectivity index (χ4v) is 30.5. The van der Waals surface area contributed by atoms with Gasteiger partial charge in [-0.05, 0) is 32.7 Å². The van der Waals surface area contributed by atoms with Gasteiger partial charge in [-0.1, -0.05) is 0 Å². The van der Waals surface area contributed by atoms with Crippen molar-refractivity contribution < 1.29 is 42.5 Å². The molecule has 0 aromatic rings. The first-order valence-corrected chi connectivity index (χ1v) is 22.8. The molecule has 1 heterocycles. The van der Waals surface area contributed by atoms with Gasteiger partial charge in [0.25, 0.3) is 0 Å². The van der Waals surface area contributed by atoms with E-state index in [0.29, 0.717) is 0 Å². The van der Waals surface area contributed by atoms with Crippen LogP contribution in [0.15, 0.2) is 0 Å². The summed E-state index contributed by atoms with van der Waals surface area (Å²) in [5.41, 5.74) is 0. The molecule has 1 fully saturated rings. The van der Waals surface area contributed by atoms with Crippen molar-refractivity contribution in [2.24, 2.45) is 0 Å². The second-order valence-electron chi connectivity index (χ2n) is 8.37. The number of hydrogen-bond donors (Lipinski definition) is 0. The van der Waals surface area contributed by atoms with Gasteiger partial charge in [0, 0.05) is 30.2 Å². The van der Waals surface area contributed by atoms with Gasteiger partial charge >= 0.3 is 42.8 Å². The molecule has 0 spiro atoms. The van der Waals surface area contributed by atoms with Gasteiger partial charge in [0.15, 0.2) is 0 Å². The van der Waals surface area contributed by atoms with E-state index in [2.05, 4.69) is 0 Å². The van der Waals surface area contributed by atoms with Gasteiger partial charge in [0.05, 0.1) is 33.4 Å². The zero-order chi connectivity index (χ0) is 23.1. The summed E-state index contributed by atoms with van der Waals surface area (Å²) in [5, 5.41) is 0. The minimum Gasteiger partial charge on any atom is -0.415 e. The molecule has 0 aliphatic carbocycles. The van der Waals surface area contributed by atoms with E-state index in [1.807, 2.05) is 0 Å². The van der Waals surface area contributed by atoms with Crippen molar-refractivity contribution in [1.82, 2.24) is 0 Å². The quantitative estimate of drug-likeness (QED) is 0.284. The van der Waals surface area contributed by atoms with Crippen LogP contribution in [0.2, 0.25) is 63.0 Å². The van der Waals surface area contributed by atoms with Crippen molar-refractivity contribution >= 4 is 42.8 Å². The first kappa shape index (κ1) is 28.6. The van der Waals surface area contributed by atoms with Crippen molar-refractivity contribution in [2.45, 2.75) is 63.0 Å². The predicted octanol–water partition coefficient (Wildman–Crippen LogP) is 5.29. The SMILES string of the molecule is C[Si]1(CCF)O[Si](C)(CCF)O[Si](C)(CCF)O[Si](C)(CCF)O[Si](C)(CCF)O1. The van der Waals surface area contributed by atoms with Crippen LogP contribution in [0.1, 0.15) is 0 Å². The zero-order valence-corrected chi connectivity index (χ0v) is 23.5. The van der Waals surface area contributed by atoms with Gasteiger partial charge in [-0.25, -0.2) is 0 Å². The molecule has 15 heteroatoms. The normalized spacial score (nSPS) is 41.0. The summed E-state index contributed by atoms with van der Waals surface area (Å²) in [6.07, 6.45) is 0. The monoisotopic (exact) mass is 530 g/mol. The Morgan fingerprint density at radius 2 is 0.500 bits per heavy atom. The van der Waals surface area contributed by atoms with Gasteiger partial charge in [-0.3, -0.25) is 22.0 Å². The molecule has 0 aromatic heterocycles. The number of alkyl halides is 5. The molecule has 5 nitrogen and oxygen atoms in total. The molecular formula is C15H35F5O5Si5. The lowest BCUT2D eigenvalue weighted by Gasteiger charge is -2.49. The Hall–Kier alpha value is 0.534. The van der Waals surface area contributed by atoms with Crippen LogP contribution in [0.25, 0.3) is 0 Å². The minimum atomic E-state index is -3.32. The van der Waals surface area contributed by atoms with Crippen LogP contribution in [-0.2, 0) is 20.6 Å². The molecule has 1 aliphatic heterocycles. The maximum Gasteiger partial charge on any atom is 0.320 e.